The van der Waals surface area contributed by atoms with E-state index in [2.05, 4.69) is 26.2 Å². The van der Waals surface area contributed by atoms with E-state index in [1.165, 1.54) is 5.69 Å². The third-order valence-electron chi connectivity index (χ3n) is 4.63. The maximum atomic E-state index is 12.2. The Morgan fingerprint density at radius 2 is 2.29 bits per heavy atom. The summed E-state index contributed by atoms with van der Waals surface area (Å²) >= 11 is 0. The van der Waals surface area contributed by atoms with Gasteiger partial charge in [-0.25, -0.2) is 9.59 Å². The minimum atomic E-state index is -0.366. The van der Waals surface area contributed by atoms with E-state index in [0.717, 1.165) is 19.4 Å². The fraction of sp³-hybridized carbons (Fsp3) is 0.529. The average Bonchev–Trinajstić information content (AvgIpc) is 3.16. The smallest absolute Gasteiger partial charge is 0.337 e. The summed E-state index contributed by atoms with van der Waals surface area (Å²) in [5, 5.41) is 5.44. The van der Waals surface area contributed by atoms with Crippen LogP contribution in [-0.2, 0) is 16.6 Å². The van der Waals surface area contributed by atoms with Crippen molar-refractivity contribution in [2.45, 2.75) is 25.8 Å². The number of aromatic nitrogens is 1. The van der Waals surface area contributed by atoms with E-state index >= 15 is 0 Å². The van der Waals surface area contributed by atoms with E-state index in [-0.39, 0.29) is 18.5 Å². The first kappa shape index (κ1) is 16.6. The molecule has 2 amide bonds. The summed E-state index contributed by atoms with van der Waals surface area (Å²) in [5.41, 5.74) is 2.42. The molecule has 24 heavy (non-hydrogen) atoms. The molecule has 1 aromatic rings. The number of likely N-dealkylation sites (tertiary alicyclic amines) is 1. The number of ether oxygens (including phenoxy) is 1. The van der Waals surface area contributed by atoms with Crippen LogP contribution in [0.4, 0.5) is 4.79 Å². The van der Waals surface area contributed by atoms with Crippen LogP contribution in [-0.4, -0.2) is 47.7 Å². The molecule has 1 saturated heterocycles. The Bertz CT molecular complexity index is 665. The van der Waals surface area contributed by atoms with Crippen molar-refractivity contribution in [3.05, 3.63) is 35.3 Å². The van der Waals surface area contributed by atoms with E-state index in [4.69, 9.17) is 4.74 Å². The van der Waals surface area contributed by atoms with Gasteiger partial charge in [-0.1, -0.05) is 0 Å². The number of hydrogen-bond acceptors (Lipinski definition) is 4. The zero-order valence-electron chi connectivity index (χ0n) is 14.2. The summed E-state index contributed by atoms with van der Waals surface area (Å²) in [4.78, 5) is 26.2. The van der Waals surface area contributed by atoms with E-state index in [1.807, 2.05) is 19.3 Å². The van der Waals surface area contributed by atoms with Crippen LogP contribution in [0.1, 0.15) is 31.5 Å². The monoisotopic (exact) mass is 332 g/mol. The molecule has 0 saturated carbocycles. The van der Waals surface area contributed by atoms with Crippen LogP contribution in [0.5, 0.6) is 0 Å². The van der Waals surface area contributed by atoms with Gasteiger partial charge in [0.05, 0.1) is 24.8 Å². The molecule has 1 fully saturated rings. The predicted molar refractivity (Wildman–Crippen MR) is 89.2 cm³/mol. The van der Waals surface area contributed by atoms with Gasteiger partial charge in [0.25, 0.3) is 0 Å². The first-order chi connectivity index (χ1) is 11.6. The maximum Gasteiger partial charge on any atom is 0.337 e. The number of nitrogens with one attached hydrogen (secondary N) is 2. The summed E-state index contributed by atoms with van der Waals surface area (Å²) < 4.78 is 7.25. The van der Waals surface area contributed by atoms with Gasteiger partial charge in [0.15, 0.2) is 0 Å². The number of rotatable bonds is 5. The Hall–Kier alpha value is -2.28. The summed E-state index contributed by atoms with van der Waals surface area (Å²) in [6.45, 7) is 3.79. The Balaban J connectivity index is 1.82. The maximum absolute atomic E-state index is 12.2. The standard InChI is InChI=1S/C17H24N4O3/c1-3-24-16(22)12-10-18-17(23)19-13(12)11-21-9-5-7-15(21)14-6-4-8-20(14)2/h4,6,8,15H,3,5,7,9-11H2,1-2H3,(H2,18,19,23)/t15-/m0/s1. The van der Waals surface area contributed by atoms with Gasteiger partial charge in [0.1, 0.15) is 0 Å². The molecular formula is C17H24N4O3. The van der Waals surface area contributed by atoms with Gasteiger partial charge >= 0.3 is 12.0 Å². The van der Waals surface area contributed by atoms with Crippen molar-refractivity contribution in [3.63, 3.8) is 0 Å². The minimum absolute atomic E-state index is 0.211. The highest BCUT2D eigenvalue weighted by Crippen LogP contribution is 2.32. The molecule has 7 heteroatoms. The van der Waals surface area contributed by atoms with Crippen LogP contribution < -0.4 is 10.6 Å². The molecule has 3 heterocycles. The average molecular weight is 332 g/mol. The van der Waals surface area contributed by atoms with E-state index in [1.54, 1.807) is 6.92 Å². The van der Waals surface area contributed by atoms with Crippen LogP contribution in [0.15, 0.2) is 29.6 Å². The van der Waals surface area contributed by atoms with Gasteiger partial charge in [-0.3, -0.25) is 4.90 Å². The largest absolute Gasteiger partial charge is 0.463 e. The second-order valence-corrected chi connectivity index (χ2v) is 6.16. The second-order valence-electron chi connectivity index (χ2n) is 6.16. The quantitative estimate of drug-likeness (QED) is 0.797. The van der Waals surface area contributed by atoms with Crippen molar-refractivity contribution in [2.75, 3.05) is 26.2 Å². The fourth-order valence-electron chi connectivity index (χ4n) is 3.45. The fourth-order valence-corrected chi connectivity index (χ4v) is 3.45. The number of esters is 1. The Morgan fingerprint density at radius 3 is 3.00 bits per heavy atom. The molecule has 2 N–H and O–H groups in total. The number of aryl methyl sites for hydroxylation is 1. The summed E-state index contributed by atoms with van der Waals surface area (Å²) in [5.74, 6) is -0.366. The second kappa shape index (κ2) is 7.09. The highest BCUT2D eigenvalue weighted by atomic mass is 16.5. The van der Waals surface area contributed by atoms with Gasteiger partial charge in [-0.05, 0) is 38.4 Å². The number of urea groups is 1. The Morgan fingerprint density at radius 1 is 1.46 bits per heavy atom. The molecule has 2 aliphatic heterocycles. The Kier molecular flexibility index (Phi) is 4.89. The van der Waals surface area contributed by atoms with Gasteiger partial charge in [0, 0.05) is 31.2 Å². The Labute approximate surface area is 141 Å². The van der Waals surface area contributed by atoms with Crippen LogP contribution in [0.3, 0.4) is 0 Å². The number of carbonyl (C=O) groups is 2. The molecule has 0 aliphatic carbocycles. The van der Waals surface area contributed by atoms with Crippen molar-refractivity contribution in [3.8, 4) is 0 Å². The van der Waals surface area contributed by atoms with Crippen molar-refractivity contribution in [1.29, 1.82) is 0 Å². The van der Waals surface area contributed by atoms with Crippen LogP contribution in [0, 0.1) is 0 Å². The molecule has 130 valence electrons. The topological polar surface area (TPSA) is 75.6 Å². The van der Waals surface area contributed by atoms with E-state index in [9.17, 15) is 9.59 Å². The van der Waals surface area contributed by atoms with Crippen molar-refractivity contribution >= 4 is 12.0 Å². The van der Waals surface area contributed by atoms with Crippen LogP contribution >= 0.6 is 0 Å². The normalized spacial score (nSPS) is 21.6. The summed E-state index contributed by atoms with van der Waals surface area (Å²) in [6, 6.07) is 4.20. The van der Waals surface area contributed by atoms with Crippen molar-refractivity contribution in [1.82, 2.24) is 20.1 Å². The first-order valence-corrected chi connectivity index (χ1v) is 8.39. The molecule has 3 rings (SSSR count). The number of hydrogen-bond donors (Lipinski definition) is 2. The lowest BCUT2D eigenvalue weighted by Crippen LogP contribution is -2.46. The lowest BCUT2D eigenvalue weighted by atomic mass is 10.1. The molecule has 0 aromatic carbocycles. The molecular weight excluding hydrogens is 308 g/mol. The molecule has 1 aromatic heterocycles. The van der Waals surface area contributed by atoms with Crippen LogP contribution in [0.2, 0.25) is 0 Å². The summed E-state index contributed by atoms with van der Waals surface area (Å²) in [6.07, 6.45) is 4.22. The van der Waals surface area contributed by atoms with Crippen molar-refractivity contribution < 1.29 is 14.3 Å². The molecule has 0 radical (unpaired) electrons. The number of amides is 2. The molecule has 2 aliphatic rings. The minimum Gasteiger partial charge on any atom is -0.463 e. The number of carbonyl (C=O) groups excluding carboxylic acids is 2. The zero-order chi connectivity index (χ0) is 17.1. The van der Waals surface area contributed by atoms with Gasteiger partial charge in [0.2, 0.25) is 0 Å². The predicted octanol–water partition coefficient (Wildman–Crippen LogP) is 1.29. The molecule has 0 bridgehead atoms. The number of nitrogens with zero attached hydrogens (tertiary/aromatic N) is 2. The summed E-state index contributed by atoms with van der Waals surface area (Å²) in [7, 11) is 2.04. The molecule has 1 atom stereocenters. The van der Waals surface area contributed by atoms with Gasteiger partial charge in [-0.2, -0.15) is 0 Å². The third-order valence-corrected chi connectivity index (χ3v) is 4.63. The SMILES string of the molecule is CCOC(=O)C1=C(CN2CCC[C@H]2c2cccn2C)NC(=O)NC1. The lowest BCUT2D eigenvalue weighted by Gasteiger charge is -2.29. The van der Waals surface area contributed by atoms with E-state index < -0.39 is 0 Å². The zero-order valence-corrected chi connectivity index (χ0v) is 14.2. The highest BCUT2D eigenvalue weighted by molar-refractivity contribution is 5.93. The first-order valence-electron chi connectivity index (χ1n) is 8.39. The molecule has 0 unspecified atom stereocenters. The lowest BCUT2D eigenvalue weighted by molar-refractivity contribution is -0.138. The van der Waals surface area contributed by atoms with Gasteiger partial charge < -0.3 is 19.9 Å². The third kappa shape index (κ3) is 3.31. The van der Waals surface area contributed by atoms with Crippen LogP contribution in [0.25, 0.3) is 0 Å². The van der Waals surface area contributed by atoms with Crippen molar-refractivity contribution in [2.24, 2.45) is 7.05 Å². The molecule has 0 spiro atoms. The highest BCUT2D eigenvalue weighted by Gasteiger charge is 2.31. The van der Waals surface area contributed by atoms with E-state index in [0.29, 0.717) is 30.5 Å². The van der Waals surface area contributed by atoms with Gasteiger partial charge in [-0.15, -0.1) is 0 Å². The molecule has 7 nitrogen and oxygen atoms in total.